The van der Waals surface area contributed by atoms with Crippen molar-refractivity contribution in [2.45, 2.75) is 6.54 Å². The zero-order valence-corrected chi connectivity index (χ0v) is 11.3. The molecule has 0 fully saturated rings. The highest BCUT2D eigenvalue weighted by atomic mass is 16.5. The molecule has 5 nitrogen and oxygen atoms in total. The fourth-order valence-corrected chi connectivity index (χ4v) is 1.98. The van der Waals surface area contributed by atoms with Crippen LogP contribution in [0.4, 0.5) is 0 Å². The molecule has 0 aliphatic rings. The van der Waals surface area contributed by atoms with Crippen LogP contribution in [0.15, 0.2) is 45.4 Å². The molecule has 0 unspecified atom stereocenters. The van der Waals surface area contributed by atoms with Gasteiger partial charge in [0.25, 0.3) is 0 Å². The van der Waals surface area contributed by atoms with Gasteiger partial charge in [-0.1, -0.05) is 18.2 Å². The van der Waals surface area contributed by atoms with Gasteiger partial charge in [0.15, 0.2) is 11.5 Å². The van der Waals surface area contributed by atoms with Gasteiger partial charge in [0.05, 0.1) is 19.3 Å². The number of para-hydroxylation sites is 1. The zero-order chi connectivity index (χ0) is 13.8. The topological polar surface area (TPSA) is 60.4 Å². The Bertz CT molecular complexity index is 654. The van der Waals surface area contributed by atoms with Crippen molar-refractivity contribution in [3.63, 3.8) is 0 Å². The minimum atomic E-state index is 0.573. The number of aromatic nitrogens is 1. The van der Waals surface area contributed by atoms with Crippen molar-refractivity contribution in [3.8, 4) is 11.5 Å². The number of ether oxygens (including phenoxy) is 1. The Morgan fingerprint density at radius 1 is 1.20 bits per heavy atom. The lowest BCUT2D eigenvalue weighted by Gasteiger charge is -1.99. The minimum absolute atomic E-state index is 0.573. The molecule has 1 N–H and O–H groups in total. The van der Waals surface area contributed by atoms with E-state index < -0.39 is 0 Å². The van der Waals surface area contributed by atoms with E-state index in [-0.39, 0.29) is 0 Å². The number of benzene rings is 1. The zero-order valence-electron chi connectivity index (χ0n) is 11.3. The maximum absolute atomic E-state index is 5.74. The number of nitrogens with one attached hydrogen (secondary N) is 1. The maximum Gasteiger partial charge on any atom is 0.209 e. The van der Waals surface area contributed by atoms with Crippen molar-refractivity contribution in [1.29, 1.82) is 0 Å². The summed E-state index contributed by atoms with van der Waals surface area (Å²) in [5.74, 6) is 1.98. The Kier molecular flexibility index (Phi) is 3.80. The number of rotatable bonds is 6. The van der Waals surface area contributed by atoms with Crippen molar-refractivity contribution < 1.29 is 13.6 Å². The third-order valence-corrected chi connectivity index (χ3v) is 2.98. The summed E-state index contributed by atoms with van der Waals surface area (Å²) in [4.78, 5) is 4.23. The molecule has 0 aliphatic carbocycles. The van der Waals surface area contributed by atoms with Crippen LogP contribution < -0.4 is 5.32 Å². The molecule has 2 heterocycles. The number of nitrogens with zero attached hydrogens (tertiary/aromatic N) is 1. The van der Waals surface area contributed by atoms with E-state index in [1.54, 1.807) is 13.3 Å². The van der Waals surface area contributed by atoms with E-state index in [0.717, 1.165) is 17.5 Å². The van der Waals surface area contributed by atoms with E-state index in [4.69, 9.17) is 13.6 Å². The van der Waals surface area contributed by atoms with E-state index in [1.807, 2.05) is 30.3 Å². The molecule has 0 aliphatic heterocycles. The van der Waals surface area contributed by atoms with Gasteiger partial charge in [0.1, 0.15) is 5.58 Å². The summed E-state index contributed by atoms with van der Waals surface area (Å²) in [6.45, 7) is 2.00. The van der Waals surface area contributed by atoms with Crippen molar-refractivity contribution in [3.05, 3.63) is 42.4 Å². The number of furan rings is 1. The van der Waals surface area contributed by atoms with Crippen LogP contribution in [0, 0.1) is 0 Å². The lowest BCUT2D eigenvalue weighted by Crippen LogP contribution is -2.18. The first-order valence-electron chi connectivity index (χ1n) is 6.50. The highest BCUT2D eigenvalue weighted by molar-refractivity contribution is 5.81. The van der Waals surface area contributed by atoms with Crippen LogP contribution >= 0.6 is 0 Å². The van der Waals surface area contributed by atoms with Gasteiger partial charge < -0.3 is 18.9 Å². The number of fused-ring (bicyclic) bond motifs is 1. The molecule has 0 atom stereocenters. The monoisotopic (exact) mass is 272 g/mol. The van der Waals surface area contributed by atoms with Gasteiger partial charge in [-0.25, -0.2) is 4.98 Å². The van der Waals surface area contributed by atoms with E-state index in [9.17, 15) is 0 Å². The lowest BCUT2D eigenvalue weighted by molar-refractivity contribution is 0.198. The summed E-state index contributed by atoms with van der Waals surface area (Å²) in [5.41, 5.74) is 0.846. The molecular weight excluding hydrogens is 256 g/mol. The summed E-state index contributed by atoms with van der Waals surface area (Å²) in [5, 5.41) is 4.24. The Hall–Kier alpha value is -2.11. The summed E-state index contributed by atoms with van der Waals surface area (Å²) >= 11 is 0. The Morgan fingerprint density at radius 2 is 2.10 bits per heavy atom. The predicted molar refractivity (Wildman–Crippen MR) is 75.3 cm³/mol. The predicted octanol–water partition coefficient (Wildman–Crippen LogP) is 2.82. The molecule has 3 rings (SSSR count). The SMILES string of the molecule is COCCNCc1ncc(-c2cc3ccccc3o2)o1. The lowest BCUT2D eigenvalue weighted by atomic mass is 10.2. The van der Waals surface area contributed by atoms with Crippen LogP contribution in [-0.4, -0.2) is 25.2 Å². The second-order valence-corrected chi connectivity index (χ2v) is 4.44. The second-order valence-electron chi connectivity index (χ2n) is 4.44. The van der Waals surface area contributed by atoms with Crippen LogP contribution in [0.5, 0.6) is 0 Å². The summed E-state index contributed by atoms with van der Waals surface area (Å²) in [6.07, 6.45) is 1.69. The second kappa shape index (κ2) is 5.90. The van der Waals surface area contributed by atoms with E-state index in [1.165, 1.54) is 0 Å². The van der Waals surface area contributed by atoms with Gasteiger partial charge >= 0.3 is 0 Å². The molecule has 0 saturated heterocycles. The van der Waals surface area contributed by atoms with Crippen LogP contribution in [-0.2, 0) is 11.3 Å². The number of oxazole rings is 1. The fraction of sp³-hybridized carbons (Fsp3) is 0.267. The third kappa shape index (κ3) is 2.74. The fourth-order valence-electron chi connectivity index (χ4n) is 1.98. The Morgan fingerprint density at radius 3 is 2.95 bits per heavy atom. The van der Waals surface area contributed by atoms with Crippen LogP contribution in [0.3, 0.4) is 0 Å². The molecule has 0 spiro atoms. The van der Waals surface area contributed by atoms with Crippen molar-refractivity contribution >= 4 is 11.0 Å². The van der Waals surface area contributed by atoms with Gasteiger partial charge in [-0.15, -0.1) is 0 Å². The highest BCUT2D eigenvalue weighted by Crippen LogP contribution is 2.27. The van der Waals surface area contributed by atoms with E-state index in [2.05, 4.69) is 10.3 Å². The normalized spacial score (nSPS) is 11.2. The summed E-state index contributed by atoms with van der Waals surface area (Å²) < 4.78 is 16.4. The number of hydrogen-bond donors (Lipinski definition) is 1. The van der Waals surface area contributed by atoms with Crippen molar-refractivity contribution in [1.82, 2.24) is 10.3 Å². The van der Waals surface area contributed by atoms with E-state index in [0.29, 0.717) is 30.6 Å². The molecule has 0 amide bonds. The Labute approximate surface area is 116 Å². The maximum atomic E-state index is 5.74. The molecule has 104 valence electrons. The molecule has 1 aromatic carbocycles. The largest absolute Gasteiger partial charge is 0.453 e. The van der Waals surface area contributed by atoms with Crippen LogP contribution in [0.1, 0.15) is 5.89 Å². The smallest absolute Gasteiger partial charge is 0.209 e. The molecule has 2 aromatic heterocycles. The number of hydrogen-bond acceptors (Lipinski definition) is 5. The standard InChI is InChI=1S/C15H16N2O3/c1-18-7-6-16-10-15-17-9-14(20-15)13-8-11-4-2-3-5-12(11)19-13/h2-5,8-9,16H,6-7,10H2,1H3. The quantitative estimate of drug-likeness (QED) is 0.699. The molecule has 0 saturated carbocycles. The molecule has 0 radical (unpaired) electrons. The average molecular weight is 272 g/mol. The van der Waals surface area contributed by atoms with Crippen molar-refractivity contribution in [2.24, 2.45) is 0 Å². The van der Waals surface area contributed by atoms with Gasteiger partial charge in [-0.05, 0) is 12.1 Å². The molecule has 3 aromatic rings. The van der Waals surface area contributed by atoms with Gasteiger partial charge in [-0.3, -0.25) is 0 Å². The first kappa shape index (κ1) is 12.9. The third-order valence-electron chi connectivity index (χ3n) is 2.98. The first-order valence-corrected chi connectivity index (χ1v) is 6.50. The summed E-state index contributed by atoms with van der Waals surface area (Å²) in [6, 6.07) is 9.82. The van der Waals surface area contributed by atoms with Gasteiger partial charge in [0, 0.05) is 19.0 Å². The Balaban J connectivity index is 1.72. The van der Waals surface area contributed by atoms with Crippen LogP contribution in [0.25, 0.3) is 22.5 Å². The molecule has 5 heteroatoms. The minimum Gasteiger partial charge on any atom is -0.453 e. The molecule has 20 heavy (non-hydrogen) atoms. The van der Waals surface area contributed by atoms with Crippen LogP contribution in [0.2, 0.25) is 0 Å². The van der Waals surface area contributed by atoms with Crippen molar-refractivity contribution in [2.75, 3.05) is 20.3 Å². The molecule has 0 bridgehead atoms. The van der Waals surface area contributed by atoms with Gasteiger partial charge in [0.2, 0.25) is 5.89 Å². The molecular formula is C15H16N2O3. The first-order chi connectivity index (χ1) is 9.86. The highest BCUT2D eigenvalue weighted by Gasteiger charge is 2.11. The van der Waals surface area contributed by atoms with Gasteiger partial charge in [-0.2, -0.15) is 0 Å². The van der Waals surface area contributed by atoms with E-state index >= 15 is 0 Å². The number of methoxy groups -OCH3 is 1. The average Bonchev–Trinajstić information content (AvgIpc) is 3.09. The summed E-state index contributed by atoms with van der Waals surface area (Å²) in [7, 11) is 1.67.